The predicted octanol–water partition coefficient (Wildman–Crippen LogP) is 3.24. The number of hydrogen-bond donors (Lipinski definition) is 0. The molecule has 0 aliphatic rings. The molecule has 3 aromatic rings. The number of aryl methyl sites for hydroxylation is 3. The lowest BCUT2D eigenvalue weighted by molar-refractivity contribution is -0.384. The molecule has 2 aromatic heterocycles. The van der Waals surface area contributed by atoms with Gasteiger partial charge >= 0.3 is 5.97 Å². The molecule has 8 heteroatoms. The number of hydrogen-bond acceptors (Lipinski definition) is 6. The normalized spacial score (nSPS) is 10.9. The van der Waals surface area contributed by atoms with Crippen LogP contribution >= 0.6 is 0 Å². The fraction of sp³-hybridized carbons (Fsp3) is 0.316. The third-order valence-corrected chi connectivity index (χ3v) is 4.41. The quantitative estimate of drug-likeness (QED) is 0.376. The van der Waals surface area contributed by atoms with Crippen molar-refractivity contribution in [2.24, 2.45) is 0 Å². The van der Waals surface area contributed by atoms with E-state index in [0.717, 1.165) is 28.3 Å². The highest BCUT2D eigenvalue weighted by atomic mass is 16.6. The van der Waals surface area contributed by atoms with Gasteiger partial charge in [0.05, 0.1) is 10.6 Å². The average Bonchev–Trinajstić information content (AvgIpc) is 3.00. The van der Waals surface area contributed by atoms with Crippen molar-refractivity contribution in [1.82, 2.24) is 14.6 Å². The number of fused-ring (bicyclic) bond motifs is 1. The molecule has 1 aromatic carbocycles. The molecular weight excluding hydrogens is 348 g/mol. The minimum atomic E-state index is -0.466. The number of benzene rings is 1. The molecule has 0 saturated carbocycles. The zero-order valence-corrected chi connectivity index (χ0v) is 15.4. The Labute approximate surface area is 155 Å². The van der Waals surface area contributed by atoms with Gasteiger partial charge in [-0.1, -0.05) is 0 Å². The topological polar surface area (TPSA) is 99.6 Å². The number of non-ortho nitro benzene ring substituents is 1. The molecule has 140 valence electrons. The number of ether oxygens (including phenoxy) is 1. The van der Waals surface area contributed by atoms with Crippen molar-refractivity contribution in [2.75, 3.05) is 0 Å². The summed E-state index contributed by atoms with van der Waals surface area (Å²) in [6.07, 6.45) is 0.737. The SMILES string of the molecule is Cc1cc2nc(C)c(CCC(=O)OCc3ccc([N+](=O)[O-])cc3)c(C)n2n1. The van der Waals surface area contributed by atoms with E-state index in [0.29, 0.717) is 12.0 Å². The Morgan fingerprint density at radius 1 is 1.22 bits per heavy atom. The molecule has 3 rings (SSSR count). The van der Waals surface area contributed by atoms with Gasteiger partial charge in [-0.05, 0) is 50.5 Å². The molecule has 0 saturated heterocycles. The number of nitro benzene ring substituents is 1. The third kappa shape index (κ3) is 4.11. The number of carbonyl (C=O) groups is 1. The Morgan fingerprint density at radius 3 is 2.59 bits per heavy atom. The molecule has 0 atom stereocenters. The predicted molar refractivity (Wildman–Crippen MR) is 98.4 cm³/mol. The van der Waals surface area contributed by atoms with Crippen molar-refractivity contribution in [3.05, 3.63) is 68.7 Å². The van der Waals surface area contributed by atoms with Crippen LogP contribution < -0.4 is 0 Å². The van der Waals surface area contributed by atoms with Crippen molar-refractivity contribution in [3.63, 3.8) is 0 Å². The van der Waals surface area contributed by atoms with Crippen LogP contribution in [0.5, 0.6) is 0 Å². The monoisotopic (exact) mass is 368 g/mol. The Morgan fingerprint density at radius 2 is 1.93 bits per heavy atom. The molecule has 2 heterocycles. The molecule has 0 N–H and O–H groups in total. The first kappa shape index (κ1) is 18.5. The number of nitro groups is 1. The first-order chi connectivity index (χ1) is 12.8. The van der Waals surface area contributed by atoms with Crippen LogP contribution in [-0.2, 0) is 22.6 Å². The van der Waals surface area contributed by atoms with Gasteiger partial charge in [0, 0.05) is 36.0 Å². The summed E-state index contributed by atoms with van der Waals surface area (Å²) in [5, 5.41) is 15.1. The number of carbonyl (C=O) groups excluding carboxylic acids is 1. The molecule has 0 amide bonds. The van der Waals surface area contributed by atoms with Crippen LogP contribution in [0.25, 0.3) is 5.65 Å². The number of esters is 1. The summed E-state index contributed by atoms with van der Waals surface area (Å²) in [5.74, 6) is -0.330. The molecule has 0 unspecified atom stereocenters. The lowest BCUT2D eigenvalue weighted by Crippen LogP contribution is -2.10. The fourth-order valence-corrected chi connectivity index (χ4v) is 2.98. The van der Waals surface area contributed by atoms with E-state index in [-0.39, 0.29) is 24.7 Å². The second-order valence-electron chi connectivity index (χ2n) is 6.40. The van der Waals surface area contributed by atoms with Gasteiger partial charge in [-0.3, -0.25) is 14.9 Å². The molecule has 8 nitrogen and oxygen atoms in total. The van der Waals surface area contributed by atoms with Crippen molar-refractivity contribution >= 4 is 17.3 Å². The standard InChI is InChI=1S/C19H20N4O4/c1-12-10-18-20-13(2)17(14(3)22(18)21-12)8-9-19(24)27-11-15-4-6-16(7-5-15)23(25)26/h4-7,10H,8-9,11H2,1-3H3. The zero-order valence-electron chi connectivity index (χ0n) is 15.4. The van der Waals surface area contributed by atoms with E-state index in [9.17, 15) is 14.9 Å². The van der Waals surface area contributed by atoms with E-state index < -0.39 is 4.92 Å². The van der Waals surface area contributed by atoms with Crippen LogP contribution in [-0.4, -0.2) is 25.5 Å². The lowest BCUT2D eigenvalue weighted by atomic mass is 10.1. The maximum atomic E-state index is 12.1. The maximum absolute atomic E-state index is 12.1. The Hall–Kier alpha value is -3.29. The molecule has 0 aliphatic heterocycles. The minimum Gasteiger partial charge on any atom is -0.461 e. The Kier molecular flexibility index (Phi) is 5.16. The van der Waals surface area contributed by atoms with Crippen LogP contribution in [0.4, 0.5) is 5.69 Å². The van der Waals surface area contributed by atoms with Gasteiger partial charge in [0.15, 0.2) is 5.65 Å². The second kappa shape index (κ2) is 7.53. The summed E-state index contributed by atoms with van der Waals surface area (Å²) >= 11 is 0. The Balaban J connectivity index is 1.60. The summed E-state index contributed by atoms with van der Waals surface area (Å²) in [4.78, 5) is 26.8. The zero-order chi connectivity index (χ0) is 19.6. The smallest absolute Gasteiger partial charge is 0.306 e. The summed E-state index contributed by atoms with van der Waals surface area (Å²) in [5.41, 5.74) is 5.23. The van der Waals surface area contributed by atoms with E-state index in [4.69, 9.17) is 4.74 Å². The van der Waals surface area contributed by atoms with Gasteiger partial charge in [0.2, 0.25) is 0 Å². The lowest BCUT2D eigenvalue weighted by Gasteiger charge is -2.11. The molecule has 0 fully saturated rings. The molecule has 0 spiro atoms. The molecule has 0 radical (unpaired) electrons. The van der Waals surface area contributed by atoms with Gasteiger partial charge < -0.3 is 4.74 Å². The van der Waals surface area contributed by atoms with Crippen LogP contribution in [0.3, 0.4) is 0 Å². The van der Waals surface area contributed by atoms with E-state index >= 15 is 0 Å². The molecule has 27 heavy (non-hydrogen) atoms. The van der Waals surface area contributed by atoms with Gasteiger partial charge in [0.25, 0.3) is 5.69 Å². The van der Waals surface area contributed by atoms with E-state index in [1.165, 1.54) is 12.1 Å². The highest BCUT2D eigenvalue weighted by molar-refractivity contribution is 5.70. The van der Waals surface area contributed by atoms with Gasteiger partial charge in [0.1, 0.15) is 6.61 Å². The molecule has 0 bridgehead atoms. The van der Waals surface area contributed by atoms with Crippen molar-refractivity contribution < 1.29 is 14.5 Å². The van der Waals surface area contributed by atoms with Gasteiger partial charge in [-0.25, -0.2) is 9.50 Å². The summed E-state index contributed by atoms with van der Waals surface area (Å²) in [6.45, 7) is 5.89. The minimum absolute atomic E-state index is 0.00720. The Bertz CT molecular complexity index is 1010. The van der Waals surface area contributed by atoms with E-state index in [1.807, 2.05) is 26.8 Å². The van der Waals surface area contributed by atoms with E-state index in [1.54, 1.807) is 16.6 Å². The number of nitrogens with zero attached hydrogens (tertiary/aromatic N) is 4. The summed E-state index contributed by atoms with van der Waals surface area (Å²) in [7, 11) is 0. The van der Waals surface area contributed by atoms with Crippen LogP contribution in [0.2, 0.25) is 0 Å². The van der Waals surface area contributed by atoms with Crippen molar-refractivity contribution in [1.29, 1.82) is 0 Å². The highest BCUT2D eigenvalue weighted by Crippen LogP contribution is 2.18. The largest absolute Gasteiger partial charge is 0.461 e. The van der Waals surface area contributed by atoms with Gasteiger partial charge in [-0.15, -0.1) is 0 Å². The number of rotatable bonds is 6. The van der Waals surface area contributed by atoms with E-state index in [2.05, 4.69) is 10.1 Å². The summed E-state index contributed by atoms with van der Waals surface area (Å²) in [6, 6.07) is 7.86. The average molecular weight is 368 g/mol. The van der Waals surface area contributed by atoms with Crippen LogP contribution in [0, 0.1) is 30.9 Å². The highest BCUT2D eigenvalue weighted by Gasteiger charge is 2.13. The molecular formula is C19H20N4O4. The van der Waals surface area contributed by atoms with Gasteiger partial charge in [-0.2, -0.15) is 5.10 Å². The van der Waals surface area contributed by atoms with Crippen molar-refractivity contribution in [2.45, 2.75) is 40.2 Å². The van der Waals surface area contributed by atoms with Crippen LogP contribution in [0.1, 0.15) is 34.6 Å². The maximum Gasteiger partial charge on any atom is 0.306 e. The fourth-order valence-electron chi connectivity index (χ4n) is 2.98. The number of aromatic nitrogens is 3. The summed E-state index contributed by atoms with van der Waals surface area (Å²) < 4.78 is 7.06. The molecule has 0 aliphatic carbocycles. The second-order valence-corrected chi connectivity index (χ2v) is 6.40. The first-order valence-corrected chi connectivity index (χ1v) is 8.56. The first-order valence-electron chi connectivity index (χ1n) is 8.56. The van der Waals surface area contributed by atoms with Crippen molar-refractivity contribution in [3.8, 4) is 0 Å². The third-order valence-electron chi connectivity index (χ3n) is 4.41. The van der Waals surface area contributed by atoms with Crippen LogP contribution in [0.15, 0.2) is 30.3 Å².